The molecule has 0 aliphatic carbocycles. The summed E-state index contributed by atoms with van der Waals surface area (Å²) in [5.74, 6) is 0. The van der Waals surface area contributed by atoms with Crippen LogP contribution in [0.2, 0.25) is 0 Å². The zero-order valence-corrected chi connectivity index (χ0v) is 8.82. The van der Waals surface area contributed by atoms with Gasteiger partial charge >= 0.3 is 0 Å². The number of hydrogen-bond acceptors (Lipinski definition) is 2. The topological polar surface area (TPSA) is 12.0 Å². The largest absolute Gasteiger partial charge is 0.311 e. The van der Waals surface area contributed by atoms with Crippen molar-refractivity contribution in [2.24, 2.45) is 0 Å². The quantitative estimate of drug-likeness (QED) is 0.733. The maximum Gasteiger partial charge on any atom is 0.0177 e. The van der Waals surface area contributed by atoms with Gasteiger partial charge in [-0.25, -0.2) is 0 Å². The van der Waals surface area contributed by atoms with Crippen molar-refractivity contribution in [1.29, 1.82) is 0 Å². The molecule has 2 fully saturated rings. The van der Waals surface area contributed by atoms with Crippen molar-refractivity contribution in [2.75, 3.05) is 0 Å². The number of nitrogens with one attached hydrogen (secondary N) is 1. The van der Waals surface area contributed by atoms with E-state index in [4.69, 9.17) is 0 Å². The molecule has 1 nitrogen and oxygen atoms in total. The summed E-state index contributed by atoms with van der Waals surface area (Å²) in [7, 11) is 2.02. The fourth-order valence-electron chi connectivity index (χ4n) is 2.08. The van der Waals surface area contributed by atoms with E-state index in [1.165, 1.54) is 25.7 Å². The van der Waals surface area contributed by atoms with E-state index in [0.717, 1.165) is 17.3 Å². The van der Waals surface area contributed by atoms with Gasteiger partial charge in [0.2, 0.25) is 0 Å². The Labute approximate surface area is 78.3 Å². The van der Waals surface area contributed by atoms with Gasteiger partial charge in [-0.2, -0.15) is 0 Å². The smallest absolute Gasteiger partial charge is 0.0177 e. The lowest BCUT2D eigenvalue weighted by Gasteiger charge is -2.26. The summed E-state index contributed by atoms with van der Waals surface area (Å²) >= 11 is 2.44. The third-order valence-corrected chi connectivity index (χ3v) is 5.35. The first-order valence-corrected chi connectivity index (χ1v) is 7.34. The molecule has 0 aromatic carbocycles. The monoisotopic (exact) mass is 269 g/mol. The van der Waals surface area contributed by atoms with Crippen LogP contribution in [0, 0.1) is 0 Å². The lowest BCUT2D eigenvalue weighted by atomic mass is 10.1. The molecule has 10 heavy (non-hydrogen) atoms. The molecule has 0 aromatic heterocycles. The standard InChI is InChI=1S/C7H12INS/c8-10-7-3-5-1-2-6(4-7)9-5/h5-7,9H,1-4H2. The van der Waals surface area contributed by atoms with Crippen molar-refractivity contribution < 1.29 is 0 Å². The number of fused-ring (bicyclic) bond motifs is 2. The van der Waals surface area contributed by atoms with Gasteiger partial charge < -0.3 is 5.32 Å². The van der Waals surface area contributed by atoms with Crippen LogP contribution in [0.15, 0.2) is 0 Å². The van der Waals surface area contributed by atoms with Crippen LogP contribution in [-0.4, -0.2) is 17.3 Å². The Kier molecular flexibility index (Phi) is 2.45. The Morgan fingerprint density at radius 2 is 1.80 bits per heavy atom. The van der Waals surface area contributed by atoms with Gasteiger partial charge in [-0.1, -0.05) is 8.93 Å². The summed E-state index contributed by atoms with van der Waals surface area (Å²) < 4.78 is 0. The molecule has 0 saturated carbocycles. The third-order valence-electron chi connectivity index (χ3n) is 2.56. The molecule has 0 spiro atoms. The maximum absolute atomic E-state index is 3.64. The molecule has 0 aromatic rings. The molecule has 58 valence electrons. The Balaban J connectivity index is 1.96. The van der Waals surface area contributed by atoms with Crippen LogP contribution in [0.3, 0.4) is 0 Å². The van der Waals surface area contributed by atoms with Gasteiger partial charge in [-0.3, -0.25) is 0 Å². The predicted molar refractivity (Wildman–Crippen MR) is 54.6 cm³/mol. The summed E-state index contributed by atoms with van der Waals surface area (Å²) in [6, 6.07) is 1.73. The highest BCUT2D eigenvalue weighted by Gasteiger charge is 2.32. The molecule has 2 aliphatic rings. The Morgan fingerprint density at radius 1 is 1.20 bits per heavy atom. The van der Waals surface area contributed by atoms with Gasteiger partial charge in [0.05, 0.1) is 0 Å². The van der Waals surface area contributed by atoms with Crippen LogP contribution in [0.5, 0.6) is 0 Å². The highest BCUT2D eigenvalue weighted by atomic mass is 127. The lowest BCUT2D eigenvalue weighted by Crippen LogP contribution is -2.38. The van der Waals surface area contributed by atoms with Gasteiger partial charge in [-0.15, -0.1) is 0 Å². The van der Waals surface area contributed by atoms with Crippen molar-refractivity contribution in [1.82, 2.24) is 5.32 Å². The van der Waals surface area contributed by atoms with Gasteiger partial charge in [0.15, 0.2) is 0 Å². The average Bonchev–Trinajstić information content (AvgIpc) is 2.30. The summed E-state index contributed by atoms with van der Waals surface area (Å²) in [4.78, 5) is 0. The van der Waals surface area contributed by atoms with Crippen molar-refractivity contribution in [3.8, 4) is 0 Å². The van der Waals surface area contributed by atoms with E-state index in [1.54, 1.807) is 0 Å². The average molecular weight is 269 g/mol. The molecule has 3 heteroatoms. The second-order valence-electron chi connectivity index (χ2n) is 3.32. The van der Waals surface area contributed by atoms with E-state index >= 15 is 0 Å². The Morgan fingerprint density at radius 3 is 2.30 bits per heavy atom. The zero-order chi connectivity index (χ0) is 6.97. The number of rotatable bonds is 1. The molecule has 0 radical (unpaired) electrons. The third kappa shape index (κ3) is 1.46. The first-order valence-electron chi connectivity index (χ1n) is 3.92. The summed E-state index contributed by atoms with van der Waals surface area (Å²) in [5, 5.41) is 4.58. The van der Waals surface area contributed by atoms with E-state index in [9.17, 15) is 0 Å². The van der Waals surface area contributed by atoms with Gasteiger partial charge in [-0.05, 0) is 46.9 Å². The molecule has 2 atom stereocenters. The maximum atomic E-state index is 3.64. The second-order valence-corrected chi connectivity index (χ2v) is 5.69. The molecule has 2 heterocycles. The number of halogens is 1. The van der Waals surface area contributed by atoms with E-state index in [1.807, 2.05) is 8.93 Å². The molecular weight excluding hydrogens is 257 g/mol. The minimum absolute atomic E-state index is 0.867. The number of hydrogen-bond donors (Lipinski definition) is 1. The fraction of sp³-hybridized carbons (Fsp3) is 1.00. The predicted octanol–water partition coefficient (Wildman–Crippen LogP) is 2.35. The molecule has 2 unspecified atom stereocenters. The Bertz CT molecular complexity index is 119. The lowest BCUT2D eigenvalue weighted by molar-refractivity contribution is 0.416. The van der Waals surface area contributed by atoms with Crippen LogP contribution in [0.25, 0.3) is 0 Å². The molecule has 0 amide bonds. The fourth-order valence-corrected chi connectivity index (χ4v) is 3.93. The molecule has 2 aliphatic heterocycles. The van der Waals surface area contributed by atoms with Crippen molar-refractivity contribution in [3.63, 3.8) is 0 Å². The molecule has 2 rings (SSSR count). The normalized spacial score (nSPS) is 45.9. The summed E-state index contributed by atoms with van der Waals surface area (Å²) in [5.41, 5.74) is 0. The van der Waals surface area contributed by atoms with E-state index < -0.39 is 0 Å². The molecule has 2 bridgehead atoms. The molecule has 2 saturated heterocycles. The van der Waals surface area contributed by atoms with E-state index in [-0.39, 0.29) is 0 Å². The zero-order valence-electron chi connectivity index (χ0n) is 5.85. The van der Waals surface area contributed by atoms with Gasteiger partial charge in [0.1, 0.15) is 0 Å². The Hall–Kier alpha value is 1.04. The SMILES string of the molecule is ISC1CC2CCC(C1)N2. The van der Waals surface area contributed by atoms with Crippen molar-refractivity contribution >= 4 is 30.1 Å². The summed E-state index contributed by atoms with van der Waals surface area (Å²) in [6.45, 7) is 0. The summed E-state index contributed by atoms with van der Waals surface area (Å²) in [6.07, 6.45) is 5.67. The van der Waals surface area contributed by atoms with E-state index in [2.05, 4.69) is 26.5 Å². The van der Waals surface area contributed by atoms with Crippen LogP contribution in [-0.2, 0) is 0 Å². The van der Waals surface area contributed by atoms with Crippen LogP contribution in [0.4, 0.5) is 0 Å². The minimum atomic E-state index is 0.867. The highest BCUT2D eigenvalue weighted by Crippen LogP contribution is 2.36. The molecule has 1 N–H and O–H groups in total. The first kappa shape index (κ1) is 7.68. The van der Waals surface area contributed by atoms with Crippen LogP contribution in [0.1, 0.15) is 25.7 Å². The van der Waals surface area contributed by atoms with Crippen LogP contribution < -0.4 is 5.32 Å². The second kappa shape index (κ2) is 3.19. The van der Waals surface area contributed by atoms with Gasteiger partial charge in [0, 0.05) is 17.3 Å². The van der Waals surface area contributed by atoms with Crippen molar-refractivity contribution in [3.05, 3.63) is 0 Å². The van der Waals surface area contributed by atoms with E-state index in [0.29, 0.717) is 0 Å². The first-order chi connectivity index (χ1) is 4.88. The van der Waals surface area contributed by atoms with Crippen molar-refractivity contribution in [2.45, 2.75) is 43.0 Å². The molecular formula is C7H12INS. The van der Waals surface area contributed by atoms with Crippen LogP contribution >= 0.6 is 30.1 Å². The minimum Gasteiger partial charge on any atom is -0.311 e. The highest BCUT2D eigenvalue weighted by molar-refractivity contribution is 14.2. The number of piperidine rings is 1. The van der Waals surface area contributed by atoms with Gasteiger partial charge in [0.25, 0.3) is 0 Å².